The number of nitrogens with zero attached hydrogens (tertiary/aromatic N) is 1. The van der Waals surface area contributed by atoms with Crippen molar-refractivity contribution in [2.24, 2.45) is 0 Å². The summed E-state index contributed by atoms with van der Waals surface area (Å²) < 4.78 is 0. The van der Waals surface area contributed by atoms with Gasteiger partial charge in [-0.3, -0.25) is 4.79 Å². The molecular weight excluding hydrogens is 268 g/mol. The molecule has 0 aliphatic carbocycles. The predicted molar refractivity (Wildman–Crippen MR) is 83.6 cm³/mol. The van der Waals surface area contributed by atoms with Crippen molar-refractivity contribution in [1.82, 2.24) is 4.90 Å². The molecule has 2 N–H and O–H groups in total. The molecule has 116 valence electrons. The van der Waals surface area contributed by atoms with Crippen LogP contribution in [0.5, 0.6) is 0 Å². The average molecular weight is 292 g/mol. The molecule has 0 spiro atoms. The van der Waals surface area contributed by atoms with Crippen LogP contribution in [-0.4, -0.2) is 34.6 Å². The highest BCUT2D eigenvalue weighted by Gasteiger charge is 2.20. The fourth-order valence-electron chi connectivity index (χ4n) is 2.16. The standard InChI is InChI=1S/C16H24N2O3/c1-5-18(12(4)10-15(19)20)16(21)17-14-8-6-13(7-9-14)11(2)3/h6-9,11-12H,5,10H2,1-4H3,(H,17,21)(H,19,20). The third-order valence-corrected chi connectivity index (χ3v) is 3.43. The molecule has 5 nitrogen and oxygen atoms in total. The van der Waals surface area contributed by atoms with E-state index in [1.165, 1.54) is 10.5 Å². The summed E-state index contributed by atoms with van der Waals surface area (Å²) in [5.74, 6) is -0.465. The van der Waals surface area contributed by atoms with Gasteiger partial charge in [0.2, 0.25) is 0 Å². The quantitative estimate of drug-likeness (QED) is 0.842. The Labute approximate surface area is 126 Å². The summed E-state index contributed by atoms with van der Waals surface area (Å²) in [7, 11) is 0. The molecule has 0 bridgehead atoms. The maximum atomic E-state index is 12.2. The lowest BCUT2D eigenvalue weighted by atomic mass is 10.0. The van der Waals surface area contributed by atoms with Crippen LogP contribution in [-0.2, 0) is 4.79 Å². The van der Waals surface area contributed by atoms with Crippen molar-refractivity contribution in [3.05, 3.63) is 29.8 Å². The Balaban J connectivity index is 2.71. The zero-order valence-electron chi connectivity index (χ0n) is 13.1. The Kier molecular flexibility index (Phi) is 6.21. The van der Waals surface area contributed by atoms with E-state index in [0.29, 0.717) is 18.2 Å². The molecule has 0 aromatic heterocycles. The number of hydrogen-bond acceptors (Lipinski definition) is 2. The summed E-state index contributed by atoms with van der Waals surface area (Å²) in [4.78, 5) is 24.5. The maximum Gasteiger partial charge on any atom is 0.322 e. The van der Waals surface area contributed by atoms with Crippen molar-refractivity contribution < 1.29 is 14.7 Å². The highest BCUT2D eigenvalue weighted by atomic mass is 16.4. The van der Waals surface area contributed by atoms with Crippen molar-refractivity contribution >= 4 is 17.7 Å². The van der Waals surface area contributed by atoms with Gasteiger partial charge in [-0.2, -0.15) is 0 Å². The number of aliphatic carboxylic acids is 1. The molecule has 1 aromatic carbocycles. The van der Waals surface area contributed by atoms with Gasteiger partial charge in [-0.15, -0.1) is 0 Å². The monoisotopic (exact) mass is 292 g/mol. The van der Waals surface area contributed by atoms with Crippen LogP contribution in [0.3, 0.4) is 0 Å². The van der Waals surface area contributed by atoms with Crippen LogP contribution in [0.15, 0.2) is 24.3 Å². The average Bonchev–Trinajstić information content (AvgIpc) is 2.39. The minimum atomic E-state index is -0.907. The van der Waals surface area contributed by atoms with Crippen LogP contribution >= 0.6 is 0 Å². The summed E-state index contributed by atoms with van der Waals surface area (Å²) in [5, 5.41) is 11.6. The molecule has 0 aliphatic rings. The highest BCUT2D eigenvalue weighted by molar-refractivity contribution is 5.89. The van der Waals surface area contributed by atoms with Crippen molar-refractivity contribution in [2.45, 2.75) is 46.1 Å². The summed E-state index contributed by atoms with van der Waals surface area (Å²) >= 11 is 0. The Morgan fingerprint density at radius 2 is 1.76 bits per heavy atom. The molecule has 0 heterocycles. The fourth-order valence-corrected chi connectivity index (χ4v) is 2.16. The number of carbonyl (C=O) groups is 2. The first-order chi connectivity index (χ1) is 9.85. The number of hydrogen-bond donors (Lipinski definition) is 2. The van der Waals surface area contributed by atoms with Gasteiger partial charge in [0.1, 0.15) is 0 Å². The Morgan fingerprint density at radius 3 is 2.19 bits per heavy atom. The molecule has 1 unspecified atom stereocenters. The van der Waals surface area contributed by atoms with Gasteiger partial charge in [-0.25, -0.2) is 4.79 Å². The number of carboxylic acid groups (broad SMARTS) is 1. The number of urea groups is 1. The number of benzene rings is 1. The van der Waals surface area contributed by atoms with Crippen LogP contribution in [0.25, 0.3) is 0 Å². The number of nitrogens with one attached hydrogen (secondary N) is 1. The molecule has 1 atom stereocenters. The largest absolute Gasteiger partial charge is 0.481 e. The SMILES string of the molecule is CCN(C(=O)Nc1ccc(C(C)C)cc1)C(C)CC(=O)O. The molecule has 0 radical (unpaired) electrons. The molecule has 1 rings (SSSR count). The second kappa shape index (κ2) is 7.67. The number of rotatable bonds is 6. The van der Waals surface area contributed by atoms with Crippen molar-refractivity contribution in [3.8, 4) is 0 Å². The Bertz CT molecular complexity index is 483. The van der Waals surface area contributed by atoms with Gasteiger partial charge in [0, 0.05) is 18.3 Å². The molecule has 0 aliphatic heterocycles. The van der Waals surface area contributed by atoms with Gasteiger partial charge in [0.15, 0.2) is 0 Å². The number of anilines is 1. The third kappa shape index (κ3) is 5.10. The fraction of sp³-hybridized carbons (Fsp3) is 0.500. The zero-order valence-corrected chi connectivity index (χ0v) is 13.1. The number of amides is 2. The lowest BCUT2D eigenvalue weighted by molar-refractivity contribution is -0.137. The van der Waals surface area contributed by atoms with Crippen molar-refractivity contribution in [3.63, 3.8) is 0 Å². The Hall–Kier alpha value is -2.04. The first-order valence-corrected chi connectivity index (χ1v) is 7.24. The molecular formula is C16H24N2O3. The smallest absolute Gasteiger partial charge is 0.322 e. The van der Waals surface area contributed by atoms with E-state index in [9.17, 15) is 9.59 Å². The lowest BCUT2D eigenvalue weighted by Crippen LogP contribution is -2.42. The summed E-state index contributed by atoms with van der Waals surface area (Å²) in [5.41, 5.74) is 1.92. The van der Waals surface area contributed by atoms with Gasteiger partial charge >= 0.3 is 12.0 Å². The summed E-state index contributed by atoms with van der Waals surface area (Å²) in [6, 6.07) is 7.08. The molecule has 0 fully saturated rings. The molecule has 1 aromatic rings. The summed E-state index contributed by atoms with van der Waals surface area (Å²) in [6.07, 6.45) is -0.0620. The van der Waals surface area contributed by atoms with E-state index in [1.54, 1.807) is 6.92 Å². The minimum absolute atomic E-state index is 0.0620. The van der Waals surface area contributed by atoms with E-state index < -0.39 is 5.97 Å². The van der Waals surface area contributed by atoms with E-state index in [2.05, 4.69) is 19.2 Å². The number of carbonyl (C=O) groups excluding carboxylic acids is 1. The van der Waals surface area contributed by atoms with Crippen molar-refractivity contribution in [1.29, 1.82) is 0 Å². The van der Waals surface area contributed by atoms with Crippen molar-refractivity contribution in [2.75, 3.05) is 11.9 Å². The molecule has 2 amide bonds. The van der Waals surface area contributed by atoms with Crippen LogP contribution in [0, 0.1) is 0 Å². The van der Waals surface area contributed by atoms with E-state index in [-0.39, 0.29) is 18.5 Å². The van der Waals surface area contributed by atoms with E-state index >= 15 is 0 Å². The van der Waals surface area contributed by atoms with Gasteiger partial charge in [0.25, 0.3) is 0 Å². The van der Waals surface area contributed by atoms with E-state index in [0.717, 1.165) is 0 Å². The lowest BCUT2D eigenvalue weighted by Gasteiger charge is -2.27. The van der Waals surface area contributed by atoms with Crippen LogP contribution in [0.2, 0.25) is 0 Å². The minimum Gasteiger partial charge on any atom is -0.481 e. The van der Waals surface area contributed by atoms with Crippen LogP contribution < -0.4 is 5.32 Å². The van der Waals surface area contributed by atoms with E-state index in [1.807, 2.05) is 31.2 Å². The summed E-state index contributed by atoms with van der Waals surface area (Å²) in [6.45, 7) is 8.25. The topological polar surface area (TPSA) is 69.6 Å². The normalized spacial score (nSPS) is 12.0. The van der Waals surface area contributed by atoms with Gasteiger partial charge < -0.3 is 15.3 Å². The number of carboxylic acids is 1. The Morgan fingerprint density at radius 1 is 1.19 bits per heavy atom. The van der Waals surface area contributed by atoms with Crippen LogP contribution in [0.1, 0.15) is 45.6 Å². The molecule has 5 heteroatoms. The molecule has 0 saturated heterocycles. The zero-order chi connectivity index (χ0) is 16.0. The van der Waals surface area contributed by atoms with Gasteiger partial charge in [-0.1, -0.05) is 26.0 Å². The first-order valence-electron chi connectivity index (χ1n) is 7.24. The highest BCUT2D eigenvalue weighted by Crippen LogP contribution is 2.17. The van der Waals surface area contributed by atoms with E-state index in [4.69, 9.17) is 5.11 Å². The second-order valence-electron chi connectivity index (χ2n) is 5.44. The third-order valence-electron chi connectivity index (χ3n) is 3.43. The molecule has 0 saturated carbocycles. The first kappa shape index (κ1) is 17.0. The van der Waals surface area contributed by atoms with Gasteiger partial charge in [-0.05, 0) is 37.5 Å². The predicted octanol–water partition coefficient (Wildman–Crippen LogP) is 3.53. The van der Waals surface area contributed by atoms with Gasteiger partial charge in [0.05, 0.1) is 6.42 Å². The second-order valence-corrected chi connectivity index (χ2v) is 5.44. The maximum absolute atomic E-state index is 12.2. The molecule has 21 heavy (non-hydrogen) atoms. The van der Waals surface area contributed by atoms with Crippen LogP contribution in [0.4, 0.5) is 10.5 Å².